The Morgan fingerprint density at radius 2 is 1.91 bits per heavy atom. The summed E-state index contributed by atoms with van der Waals surface area (Å²) in [4.78, 5) is 12.2. The number of carbonyl (C=O) groups is 1. The molecule has 0 fully saturated rings. The summed E-state index contributed by atoms with van der Waals surface area (Å²) >= 11 is 0. The fourth-order valence-corrected chi connectivity index (χ4v) is 2.44. The summed E-state index contributed by atoms with van der Waals surface area (Å²) in [6, 6.07) is 17.6. The molecule has 0 saturated carbocycles. The molecule has 2 aromatic rings. The summed E-state index contributed by atoms with van der Waals surface area (Å²) in [5.41, 5.74) is 2.04. The Morgan fingerprint density at radius 1 is 1.14 bits per heavy atom. The van der Waals surface area contributed by atoms with E-state index in [-0.39, 0.29) is 11.8 Å². The lowest BCUT2D eigenvalue weighted by atomic mass is 9.96. The Kier molecular flexibility index (Phi) is 4.41. The van der Waals surface area contributed by atoms with Crippen LogP contribution in [0.2, 0.25) is 0 Å². The van der Waals surface area contributed by atoms with Crippen LogP contribution in [-0.4, -0.2) is 19.1 Å². The van der Waals surface area contributed by atoms with E-state index in [1.807, 2.05) is 54.6 Å². The average Bonchev–Trinajstić information content (AvgIpc) is 2.59. The van der Waals surface area contributed by atoms with Crippen LogP contribution in [0, 0.1) is 17.8 Å². The van der Waals surface area contributed by atoms with E-state index in [0.717, 1.165) is 16.9 Å². The van der Waals surface area contributed by atoms with E-state index in [4.69, 9.17) is 4.74 Å². The minimum absolute atomic E-state index is 0.00290. The fraction of sp³-hybridized carbons (Fsp3) is 0.211. The van der Waals surface area contributed by atoms with E-state index < -0.39 is 0 Å². The second-order valence-electron chi connectivity index (χ2n) is 5.21. The van der Waals surface area contributed by atoms with Gasteiger partial charge < -0.3 is 10.1 Å². The molecular formula is C19H17NO2. The van der Waals surface area contributed by atoms with Crippen LogP contribution in [0.3, 0.4) is 0 Å². The highest BCUT2D eigenvalue weighted by atomic mass is 16.5. The molecule has 110 valence electrons. The summed E-state index contributed by atoms with van der Waals surface area (Å²) in [7, 11) is 0. The van der Waals surface area contributed by atoms with Crippen molar-refractivity contribution in [2.24, 2.45) is 5.92 Å². The Bertz CT molecular complexity index is 713. The standard InChI is InChI=1S/C19H17NO2/c21-19(20-12-6-9-15-7-2-1-3-8-15)17-13-16-10-4-5-11-18(16)22-14-17/h1-5,7-8,10-11,17H,12-14H2,(H,20,21)/t17-/m1/s1. The van der Waals surface area contributed by atoms with Crippen molar-refractivity contribution in [3.63, 3.8) is 0 Å². The van der Waals surface area contributed by atoms with Gasteiger partial charge in [-0.15, -0.1) is 0 Å². The van der Waals surface area contributed by atoms with Crippen molar-refractivity contribution in [3.8, 4) is 17.6 Å². The molecule has 3 nitrogen and oxygen atoms in total. The highest BCUT2D eigenvalue weighted by Crippen LogP contribution is 2.26. The molecule has 0 spiro atoms. The van der Waals surface area contributed by atoms with E-state index in [1.54, 1.807) is 0 Å². The Hall–Kier alpha value is -2.73. The number of hydrogen-bond donors (Lipinski definition) is 1. The molecule has 0 unspecified atom stereocenters. The number of nitrogens with one attached hydrogen (secondary N) is 1. The number of ether oxygens (including phenoxy) is 1. The number of carbonyl (C=O) groups excluding carboxylic acids is 1. The van der Waals surface area contributed by atoms with Crippen molar-refractivity contribution in [1.82, 2.24) is 5.32 Å². The molecular weight excluding hydrogens is 274 g/mol. The number of para-hydroxylation sites is 1. The van der Waals surface area contributed by atoms with Gasteiger partial charge in [0.2, 0.25) is 5.91 Å². The first kappa shape index (κ1) is 14.2. The van der Waals surface area contributed by atoms with E-state index >= 15 is 0 Å². The third-order valence-electron chi connectivity index (χ3n) is 3.61. The molecule has 22 heavy (non-hydrogen) atoms. The average molecular weight is 291 g/mol. The molecule has 1 atom stereocenters. The number of fused-ring (bicyclic) bond motifs is 1. The molecule has 1 aliphatic rings. The molecule has 1 heterocycles. The molecule has 1 N–H and O–H groups in total. The van der Waals surface area contributed by atoms with Gasteiger partial charge in [-0.25, -0.2) is 0 Å². The monoisotopic (exact) mass is 291 g/mol. The summed E-state index contributed by atoms with van der Waals surface area (Å²) < 4.78 is 5.64. The quantitative estimate of drug-likeness (QED) is 0.863. The largest absolute Gasteiger partial charge is 0.492 e. The molecule has 3 rings (SSSR count). The zero-order valence-electron chi connectivity index (χ0n) is 12.2. The molecule has 3 heteroatoms. The second-order valence-corrected chi connectivity index (χ2v) is 5.21. The van der Waals surface area contributed by atoms with Gasteiger partial charge in [0.25, 0.3) is 0 Å². The number of hydrogen-bond acceptors (Lipinski definition) is 2. The molecule has 1 aliphatic heterocycles. The maximum atomic E-state index is 12.2. The van der Waals surface area contributed by atoms with Gasteiger partial charge in [-0.3, -0.25) is 4.79 Å². The number of rotatable bonds is 2. The summed E-state index contributed by atoms with van der Waals surface area (Å²) in [6.07, 6.45) is 0.716. The Morgan fingerprint density at radius 3 is 2.77 bits per heavy atom. The van der Waals surface area contributed by atoms with E-state index in [1.165, 1.54) is 0 Å². The third kappa shape index (κ3) is 3.48. The van der Waals surface area contributed by atoms with Crippen molar-refractivity contribution in [3.05, 3.63) is 65.7 Å². The first-order valence-corrected chi connectivity index (χ1v) is 7.35. The molecule has 0 aliphatic carbocycles. The minimum Gasteiger partial charge on any atom is -0.492 e. The van der Waals surface area contributed by atoms with Crippen LogP contribution in [0.15, 0.2) is 54.6 Å². The zero-order valence-corrected chi connectivity index (χ0v) is 12.2. The van der Waals surface area contributed by atoms with Gasteiger partial charge >= 0.3 is 0 Å². The van der Waals surface area contributed by atoms with Crippen LogP contribution in [0.5, 0.6) is 5.75 Å². The van der Waals surface area contributed by atoms with Crippen molar-refractivity contribution < 1.29 is 9.53 Å². The van der Waals surface area contributed by atoms with Crippen LogP contribution in [0.4, 0.5) is 0 Å². The Labute approximate surface area is 130 Å². The van der Waals surface area contributed by atoms with Gasteiger partial charge in [0.1, 0.15) is 12.4 Å². The normalized spacial score (nSPS) is 15.7. The lowest BCUT2D eigenvalue weighted by Gasteiger charge is -2.24. The van der Waals surface area contributed by atoms with E-state index in [0.29, 0.717) is 19.6 Å². The van der Waals surface area contributed by atoms with E-state index in [9.17, 15) is 4.79 Å². The van der Waals surface area contributed by atoms with Gasteiger partial charge in [-0.1, -0.05) is 48.2 Å². The molecule has 0 bridgehead atoms. The van der Waals surface area contributed by atoms with Gasteiger partial charge in [0, 0.05) is 5.56 Å². The van der Waals surface area contributed by atoms with Gasteiger partial charge in [0.05, 0.1) is 12.5 Å². The number of amides is 1. The van der Waals surface area contributed by atoms with Crippen LogP contribution >= 0.6 is 0 Å². The van der Waals surface area contributed by atoms with Crippen molar-refractivity contribution in [1.29, 1.82) is 0 Å². The molecule has 0 radical (unpaired) electrons. The minimum atomic E-state index is -0.145. The smallest absolute Gasteiger partial charge is 0.227 e. The van der Waals surface area contributed by atoms with Gasteiger partial charge in [-0.2, -0.15) is 0 Å². The lowest BCUT2D eigenvalue weighted by Crippen LogP contribution is -2.37. The maximum absolute atomic E-state index is 12.2. The van der Waals surface area contributed by atoms with Gasteiger partial charge in [0.15, 0.2) is 0 Å². The number of benzene rings is 2. The molecule has 0 aromatic heterocycles. The SMILES string of the molecule is O=C(NCC#Cc1ccccc1)[C@H]1COc2ccccc2C1. The van der Waals surface area contributed by atoms with E-state index in [2.05, 4.69) is 17.2 Å². The second kappa shape index (κ2) is 6.82. The van der Waals surface area contributed by atoms with Crippen LogP contribution in [0.25, 0.3) is 0 Å². The third-order valence-corrected chi connectivity index (χ3v) is 3.61. The summed E-state index contributed by atoms with van der Waals surface area (Å²) in [6.45, 7) is 0.779. The van der Waals surface area contributed by atoms with Crippen molar-refractivity contribution >= 4 is 5.91 Å². The van der Waals surface area contributed by atoms with Crippen LogP contribution in [-0.2, 0) is 11.2 Å². The Balaban J connectivity index is 1.52. The highest BCUT2D eigenvalue weighted by Gasteiger charge is 2.25. The van der Waals surface area contributed by atoms with Crippen molar-refractivity contribution in [2.45, 2.75) is 6.42 Å². The molecule has 2 aromatic carbocycles. The lowest BCUT2D eigenvalue weighted by molar-refractivity contribution is -0.126. The fourth-order valence-electron chi connectivity index (χ4n) is 2.44. The van der Waals surface area contributed by atoms with Crippen LogP contribution in [0.1, 0.15) is 11.1 Å². The topological polar surface area (TPSA) is 38.3 Å². The highest BCUT2D eigenvalue weighted by molar-refractivity contribution is 5.79. The summed E-state index contributed by atoms with van der Waals surface area (Å²) in [5, 5.41) is 2.86. The van der Waals surface area contributed by atoms with Gasteiger partial charge in [-0.05, 0) is 30.2 Å². The summed E-state index contributed by atoms with van der Waals surface area (Å²) in [5.74, 6) is 6.73. The predicted molar refractivity (Wildman–Crippen MR) is 85.5 cm³/mol. The van der Waals surface area contributed by atoms with Crippen LogP contribution < -0.4 is 10.1 Å². The maximum Gasteiger partial charge on any atom is 0.227 e. The first-order valence-electron chi connectivity index (χ1n) is 7.35. The zero-order chi connectivity index (χ0) is 15.2. The molecule has 0 saturated heterocycles. The molecule has 1 amide bonds. The predicted octanol–water partition coefficient (Wildman–Crippen LogP) is 2.41. The first-order chi connectivity index (χ1) is 10.8. The van der Waals surface area contributed by atoms with Crippen molar-refractivity contribution in [2.75, 3.05) is 13.2 Å².